The summed E-state index contributed by atoms with van der Waals surface area (Å²) in [6, 6.07) is 28.1. The number of pyridine rings is 1. The van der Waals surface area contributed by atoms with Crippen LogP contribution in [-0.2, 0) is 7.05 Å². The molecule has 0 unspecified atom stereocenters. The number of nitrogens with one attached hydrogen (secondary N) is 1. The third-order valence-corrected chi connectivity index (χ3v) is 5.95. The fourth-order valence-electron chi connectivity index (χ4n) is 4.25. The van der Waals surface area contributed by atoms with E-state index in [9.17, 15) is 9.59 Å². The minimum atomic E-state index is -0.301. The number of amides is 1. The maximum Gasteiger partial charge on any atom is 0.256 e. The number of hydrogen-bond donors (Lipinski definition) is 1. The minimum Gasteiger partial charge on any atom is -0.497 e. The van der Waals surface area contributed by atoms with Gasteiger partial charge in [0.15, 0.2) is 5.43 Å². The van der Waals surface area contributed by atoms with Crippen LogP contribution in [0.4, 0.5) is 5.82 Å². The second kappa shape index (κ2) is 8.28. The second-order valence-corrected chi connectivity index (χ2v) is 7.84. The minimum absolute atomic E-state index is 0.120. The SMILES string of the molecule is COc1ccc(C(=O)Nc2c(-c3cccc4ccccc34)c(=O)c3ccccc3n2C)cc1. The van der Waals surface area contributed by atoms with Gasteiger partial charge in [-0.3, -0.25) is 9.59 Å². The van der Waals surface area contributed by atoms with Crippen molar-refractivity contribution in [3.8, 4) is 16.9 Å². The number of ether oxygens (including phenoxy) is 1. The first-order valence-electron chi connectivity index (χ1n) is 10.6. The predicted octanol–water partition coefficient (Wildman–Crippen LogP) is 5.62. The number of fused-ring (bicyclic) bond motifs is 2. The average molecular weight is 434 g/mol. The zero-order valence-electron chi connectivity index (χ0n) is 18.3. The lowest BCUT2D eigenvalue weighted by molar-refractivity contribution is 0.102. The summed E-state index contributed by atoms with van der Waals surface area (Å²) < 4.78 is 7.06. The molecule has 0 aliphatic carbocycles. The second-order valence-electron chi connectivity index (χ2n) is 7.84. The first kappa shape index (κ1) is 20.5. The number of methoxy groups -OCH3 is 1. The van der Waals surface area contributed by atoms with E-state index < -0.39 is 0 Å². The summed E-state index contributed by atoms with van der Waals surface area (Å²) in [6.07, 6.45) is 0. The van der Waals surface area contributed by atoms with E-state index in [1.807, 2.05) is 78.3 Å². The summed E-state index contributed by atoms with van der Waals surface area (Å²) in [5, 5.41) is 5.59. The van der Waals surface area contributed by atoms with Crippen LogP contribution in [0.2, 0.25) is 0 Å². The molecule has 1 aromatic heterocycles. The molecule has 0 saturated carbocycles. The van der Waals surface area contributed by atoms with Crippen LogP contribution in [0.3, 0.4) is 0 Å². The van der Waals surface area contributed by atoms with Crippen molar-refractivity contribution in [2.45, 2.75) is 0 Å². The quantitative estimate of drug-likeness (QED) is 0.399. The Morgan fingerprint density at radius 3 is 2.24 bits per heavy atom. The molecule has 0 saturated heterocycles. The fraction of sp³-hybridized carbons (Fsp3) is 0.0714. The van der Waals surface area contributed by atoms with E-state index in [1.165, 1.54) is 0 Å². The van der Waals surface area contributed by atoms with Crippen LogP contribution in [0.25, 0.3) is 32.8 Å². The van der Waals surface area contributed by atoms with Gasteiger partial charge in [-0.15, -0.1) is 0 Å². The third kappa shape index (κ3) is 3.53. The number of rotatable bonds is 4. The van der Waals surface area contributed by atoms with E-state index in [-0.39, 0.29) is 11.3 Å². The highest BCUT2D eigenvalue weighted by molar-refractivity contribution is 6.09. The number of aryl methyl sites for hydroxylation is 1. The van der Waals surface area contributed by atoms with Crippen molar-refractivity contribution in [3.05, 3.63) is 107 Å². The molecule has 0 fully saturated rings. The van der Waals surface area contributed by atoms with Crippen LogP contribution in [0.5, 0.6) is 5.75 Å². The van der Waals surface area contributed by atoms with Gasteiger partial charge >= 0.3 is 0 Å². The summed E-state index contributed by atoms with van der Waals surface area (Å²) in [5.41, 5.74) is 2.35. The summed E-state index contributed by atoms with van der Waals surface area (Å²) in [6.45, 7) is 0. The van der Waals surface area contributed by atoms with Crippen molar-refractivity contribution < 1.29 is 9.53 Å². The first-order chi connectivity index (χ1) is 16.1. The van der Waals surface area contributed by atoms with Crippen LogP contribution < -0.4 is 15.5 Å². The smallest absolute Gasteiger partial charge is 0.256 e. The number of hydrogen-bond acceptors (Lipinski definition) is 3. The summed E-state index contributed by atoms with van der Waals surface area (Å²) in [4.78, 5) is 27.0. The maximum absolute atomic E-state index is 13.8. The van der Waals surface area contributed by atoms with Gasteiger partial charge in [0.05, 0.1) is 18.2 Å². The Morgan fingerprint density at radius 2 is 1.48 bits per heavy atom. The Balaban J connectivity index is 1.76. The Bertz CT molecular complexity index is 1560. The molecule has 0 bridgehead atoms. The lowest BCUT2D eigenvalue weighted by atomic mass is 9.96. The molecule has 1 heterocycles. The van der Waals surface area contributed by atoms with E-state index in [1.54, 1.807) is 31.4 Å². The van der Waals surface area contributed by atoms with Crippen LogP contribution >= 0.6 is 0 Å². The molecule has 162 valence electrons. The average Bonchev–Trinajstić information content (AvgIpc) is 2.87. The molecule has 1 amide bonds. The van der Waals surface area contributed by atoms with Gasteiger partial charge in [-0.05, 0) is 52.7 Å². The van der Waals surface area contributed by atoms with Crippen LogP contribution in [0.15, 0.2) is 95.8 Å². The molecule has 1 N–H and O–H groups in total. The van der Waals surface area contributed by atoms with E-state index in [4.69, 9.17) is 4.74 Å². The van der Waals surface area contributed by atoms with Crippen molar-refractivity contribution in [1.82, 2.24) is 4.57 Å². The zero-order valence-corrected chi connectivity index (χ0v) is 18.3. The largest absolute Gasteiger partial charge is 0.497 e. The number of aromatic nitrogens is 1. The van der Waals surface area contributed by atoms with Gasteiger partial charge in [0.2, 0.25) is 0 Å². The van der Waals surface area contributed by atoms with Crippen LogP contribution in [0, 0.1) is 0 Å². The number of anilines is 1. The molecule has 33 heavy (non-hydrogen) atoms. The Morgan fingerprint density at radius 1 is 0.818 bits per heavy atom. The molecule has 0 aliphatic heterocycles. The van der Waals surface area contributed by atoms with E-state index in [0.717, 1.165) is 21.9 Å². The van der Waals surface area contributed by atoms with E-state index in [0.29, 0.717) is 28.1 Å². The number of para-hydroxylation sites is 1. The van der Waals surface area contributed by atoms with E-state index in [2.05, 4.69) is 5.32 Å². The van der Waals surface area contributed by atoms with E-state index >= 15 is 0 Å². The van der Waals surface area contributed by atoms with Gasteiger partial charge < -0.3 is 14.6 Å². The Hall–Kier alpha value is -4.38. The Kier molecular flexibility index (Phi) is 5.15. The highest BCUT2D eigenvalue weighted by atomic mass is 16.5. The molecular weight excluding hydrogens is 412 g/mol. The molecule has 0 aliphatic rings. The molecule has 0 atom stereocenters. The van der Waals surface area contributed by atoms with Gasteiger partial charge in [0.1, 0.15) is 11.6 Å². The fourth-order valence-corrected chi connectivity index (χ4v) is 4.25. The molecule has 0 spiro atoms. The topological polar surface area (TPSA) is 60.3 Å². The maximum atomic E-state index is 13.8. The van der Waals surface area contributed by atoms with Gasteiger partial charge in [-0.2, -0.15) is 0 Å². The summed E-state index contributed by atoms with van der Waals surface area (Å²) >= 11 is 0. The van der Waals surface area contributed by atoms with Gasteiger partial charge in [0.25, 0.3) is 5.91 Å². The molecule has 0 radical (unpaired) electrons. The van der Waals surface area contributed by atoms with Crippen molar-refractivity contribution >= 4 is 33.4 Å². The van der Waals surface area contributed by atoms with Gasteiger partial charge in [-0.25, -0.2) is 0 Å². The van der Waals surface area contributed by atoms with Crippen molar-refractivity contribution in [1.29, 1.82) is 0 Å². The summed E-state index contributed by atoms with van der Waals surface area (Å²) in [5.74, 6) is 0.821. The Labute approximate surface area is 190 Å². The molecule has 5 rings (SSSR count). The lowest BCUT2D eigenvalue weighted by Crippen LogP contribution is -2.21. The first-order valence-corrected chi connectivity index (χ1v) is 10.6. The highest BCUT2D eigenvalue weighted by Gasteiger charge is 2.20. The molecule has 4 aromatic carbocycles. The predicted molar refractivity (Wildman–Crippen MR) is 133 cm³/mol. The summed E-state index contributed by atoms with van der Waals surface area (Å²) in [7, 11) is 3.44. The third-order valence-electron chi connectivity index (χ3n) is 5.95. The number of carbonyl (C=O) groups is 1. The zero-order chi connectivity index (χ0) is 22.9. The normalized spacial score (nSPS) is 11.0. The van der Waals surface area contributed by atoms with Crippen molar-refractivity contribution in [3.63, 3.8) is 0 Å². The molecule has 5 aromatic rings. The lowest BCUT2D eigenvalue weighted by Gasteiger charge is -2.19. The molecule has 5 heteroatoms. The van der Waals surface area contributed by atoms with Gasteiger partial charge in [0, 0.05) is 18.0 Å². The number of nitrogens with zero attached hydrogens (tertiary/aromatic N) is 1. The molecular formula is C28H22N2O3. The van der Waals surface area contributed by atoms with Crippen LogP contribution in [-0.4, -0.2) is 17.6 Å². The highest BCUT2D eigenvalue weighted by Crippen LogP contribution is 2.33. The number of benzene rings is 4. The van der Waals surface area contributed by atoms with Crippen molar-refractivity contribution in [2.75, 3.05) is 12.4 Å². The monoisotopic (exact) mass is 434 g/mol. The number of carbonyl (C=O) groups excluding carboxylic acids is 1. The van der Waals surface area contributed by atoms with Crippen molar-refractivity contribution in [2.24, 2.45) is 7.05 Å². The molecule has 5 nitrogen and oxygen atoms in total. The standard InChI is InChI=1S/C28H22N2O3/c1-30-24-13-6-5-11-23(24)26(31)25(22-12-7-9-18-8-3-4-10-21(18)22)27(30)29-28(32)19-14-16-20(33-2)17-15-19/h3-17H,1-2H3,(H,29,32). The van der Waals surface area contributed by atoms with Gasteiger partial charge in [-0.1, -0.05) is 54.6 Å². The van der Waals surface area contributed by atoms with Crippen LogP contribution in [0.1, 0.15) is 10.4 Å².